The number of benzene rings is 2. The Morgan fingerprint density at radius 2 is 2.00 bits per heavy atom. The van der Waals surface area contributed by atoms with Crippen LogP contribution in [0.25, 0.3) is 0 Å². The first-order valence-corrected chi connectivity index (χ1v) is 7.48. The maximum atomic E-state index is 13.4. The van der Waals surface area contributed by atoms with Gasteiger partial charge in [0, 0.05) is 11.6 Å². The van der Waals surface area contributed by atoms with Crippen LogP contribution in [0.15, 0.2) is 36.4 Å². The number of ether oxygens (including phenoxy) is 1. The van der Waals surface area contributed by atoms with E-state index in [1.54, 1.807) is 19.1 Å². The van der Waals surface area contributed by atoms with E-state index in [1.807, 2.05) is 0 Å². The highest BCUT2D eigenvalue weighted by atomic mass is 35.5. The summed E-state index contributed by atoms with van der Waals surface area (Å²) in [7, 11) is 0. The topological polar surface area (TPSA) is 81.4 Å². The maximum absolute atomic E-state index is 13.4. The van der Waals surface area contributed by atoms with E-state index in [1.165, 1.54) is 24.3 Å². The Balaban J connectivity index is 1.91. The van der Waals surface area contributed by atoms with Crippen LogP contribution in [0.1, 0.15) is 21.5 Å². The normalized spacial score (nSPS) is 10.3. The second-order valence-electron chi connectivity index (χ2n) is 5.15. The van der Waals surface area contributed by atoms with Crippen LogP contribution in [0.4, 0.5) is 4.39 Å². The molecule has 0 unspecified atom stereocenters. The number of halogens is 2. The Hall–Kier alpha value is -2.60. The minimum atomic E-state index is -0.706. The van der Waals surface area contributed by atoms with Crippen LogP contribution >= 0.6 is 11.6 Å². The quantitative estimate of drug-likeness (QED) is 0.840. The van der Waals surface area contributed by atoms with Crippen molar-refractivity contribution in [2.24, 2.45) is 5.73 Å². The van der Waals surface area contributed by atoms with Gasteiger partial charge < -0.3 is 15.8 Å². The van der Waals surface area contributed by atoms with E-state index in [-0.39, 0.29) is 30.3 Å². The molecule has 126 valence electrons. The molecule has 3 N–H and O–H groups in total. The average molecular weight is 351 g/mol. The van der Waals surface area contributed by atoms with Crippen LogP contribution in [0.3, 0.4) is 0 Å². The van der Waals surface area contributed by atoms with E-state index >= 15 is 0 Å². The molecule has 0 aromatic heterocycles. The predicted molar refractivity (Wildman–Crippen MR) is 88.4 cm³/mol. The zero-order valence-corrected chi connectivity index (χ0v) is 13.7. The molecule has 2 amide bonds. The van der Waals surface area contributed by atoms with Crippen LogP contribution < -0.4 is 15.8 Å². The zero-order valence-electron chi connectivity index (χ0n) is 12.9. The number of hydrogen-bond donors (Lipinski definition) is 2. The van der Waals surface area contributed by atoms with E-state index in [0.29, 0.717) is 16.1 Å². The number of carbonyl (C=O) groups is 2. The number of primary amides is 1. The van der Waals surface area contributed by atoms with Crippen molar-refractivity contribution in [2.75, 3.05) is 6.61 Å². The van der Waals surface area contributed by atoms with Crippen molar-refractivity contribution in [3.63, 3.8) is 0 Å². The van der Waals surface area contributed by atoms with Crippen molar-refractivity contribution in [1.82, 2.24) is 5.32 Å². The lowest BCUT2D eigenvalue weighted by atomic mass is 10.1. The van der Waals surface area contributed by atoms with Crippen LogP contribution in [-0.2, 0) is 11.3 Å². The molecule has 5 nitrogen and oxygen atoms in total. The minimum absolute atomic E-state index is 0.0934. The van der Waals surface area contributed by atoms with Gasteiger partial charge in [0.1, 0.15) is 11.6 Å². The molecule has 0 aliphatic heterocycles. The van der Waals surface area contributed by atoms with Gasteiger partial charge in [-0.3, -0.25) is 9.59 Å². The predicted octanol–water partition coefficient (Wildman–Crippen LogP) is 2.58. The summed E-state index contributed by atoms with van der Waals surface area (Å²) >= 11 is 5.79. The third-order valence-corrected chi connectivity index (χ3v) is 3.53. The number of nitrogens with two attached hydrogens (primary N) is 1. The molecule has 24 heavy (non-hydrogen) atoms. The van der Waals surface area contributed by atoms with E-state index < -0.39 is 11.8 Å². The summed E-state index contributed by atoms with van der Waals surface area (Å²) in [6.45, 7) is 1.52. The molecule has 2 aromatic carbocycles. The molecular formula is C17H16ClFN2O3. The van der Waals surface area contributed by atoms with E-state index in [4.69, 9.17) is 22.1 Å². The summed E-state index contributed by atoms with van der Waals surface area (Å²) in [5.74, 6) is -1.28. The van der Waals surface area contributed by atoms with Crippen LogP contribution in [-0.4, -0.2) is 18.4 Å². The smallest absolute Gasteiger partial charge is 0.258 e. The Bertz CT molecular complexity index is 780. The fourth-order valence-electron chi connectivity index (χ4n) is 1.96. The molecule has 0 atom stereocenters. The van der Waals surface area contributed by atoms with Crippen LogP contribution in [0.2, 0.25) is 5.02 Å². The number of aryl methyl sites for hydroxylation is 1. The van der Waals surface area contributed by atoms with Crippen LogP contribution in [0.5, 0.6) is 5.75 Å². The molecule has 0 spiro atoms. The maximum Gasteiger partial charge on any atom is 0.258 e. The Labute approximate surface area is 143 Å². The molecule has 7 heteroatoms. The molecule has 0 saturated carbocycles. The number of carbonyl (C=O) groups excluding carboxylic acids is 2. The van der Waals surface area contributed by atoms with Gasteiger partial charge in [-0.25, -0.2) is 4.39 Å². The zero-order chi connectivity index (χ0) is 17.7. The highest BCUT2D eigenvalue weighted by Gasteiger charge is 2.12. The Kier molecular flexibility index (Phi) is 5.76. The fourth-order valence-corrected chi connectivity index (χ4v) is 2.13. The number of rotatable bonds is 6. The van der Waals surface area contributed by atoms with Gasteiger partial charge in [-0.1, -0.05) is 23.7 Å². The largest absolute Gasteiger partial charge is 0.483 e. The molecule has 0 aliphatic rings. The SMILES string of the molecule is Cc1ccc(CNC(=O)COc2ccc(Cl)cc2C(N)=O)cc1F. The van der Waals surface area contributed by atoms with Crippen molar-refractivity contribution in [3.8, 4) is 5.75 Å². The lowest BCUT2D eigenvalue weighted by Crippen LogP contribution is -2.29. The minimum Gasteiger partial charge on any atom is -0.483 e. The standard InChI is InChI=1S/C17H16ClFN2O3/c1-10-2-3-11(6-14(10)19)8-21-16(22)9-24-15-5-4-12(18)7-13(15)17(20)23/h2-7H,8-9H2,1H3,(H2,20,23)(H,21,22). The first kappa shape index (κ1) is 17.7. The summed E-state index contributed by atoms with van der Waals surface area (Å²) < 4.78 is 18.7. The van der Waals surface area contributed by atoms with Crippen molar-refractivity contribution in [2.45, 2.75) is 13.5 Å². The monoisotopic (exact) mass is 350 g/mol. The summed E-state index contributed by atoms with van der Waals surface area (Å²) in [5, 5.41) is 2.94. The molecule has 0 fully saturated rings. The van der Waals surface area contributed by atoms with Crippen molar-refractivity contribution < 1.29 is 18.7 Å². The van der Waals surface area contributed by atoms with Gasteiger partial charge in [0.15, 0.2) is 6.61 Å². The third-order valence-electron chi connectivity index (χ3n) is 3.29. The van der Waals surface area contributed by atoms with Gasteiger partial charge >= 0.3 is 0 Å². The summed E-state index contributed by atoms with van der Waals surface area (Å²) in [6, 6.07) is 9.08. The van der Waals surface area contributed by atoms with E-state index in [0.717, 1.165) is 0 Å². The van der Waals surface area contributed by atoms with Gasteiger partial charge in [-0.2, -0.15) is 0 Å². The van der Waals surface area contributed by atoms with Gasteiger partial charge in [-0.15, -0.1) is 0 Å². The summed E-state index contributed by atoms with van der Waals surface area (Å²) in [4.78, 5) is 23.2. The molecule has 2 rings (SSSR count). The first-order valence-electron chi connectivity index (χ1n) is 7.10. The molecular weight excluding hydrogens is 335 g/mol. The lowest BCUT2D eigenvalue weighted by Gasteiger charge is -2.10. The van der Waals surface area contributed by atoms with E-state index in [2.05, 4.69) is 5.32 Å². The summed E-state index contributed by atoms with van der Waals surface area (Å²) in [5.41, 5.74) is 6.50. The number of nitrogens with one attached hydrogen (secondary N) is 1. The fraction of sp³-hybridized carbons (Fsp3) is 0.176. The van der Waals surface area contributed by atoms with Gasteiger partial charge in [0.05, 0.1) is 5.56 Å². The van der Waals surface area contributed by atoms with Crippen molar-refractivity contribution in [1.29, 1.82) is 0 Å². The molecule has 0 saturated heterocycles. The highest BCUT2D eigenvalue weighted by molar-refractivity contribution is 6.31. The Morgan fingerprint density at radius 3 is 2.67 bits per heavy atom. The molecule has 0 bridgehead atoms. The van der Waals surface area contributed by atoms with Crippen molar-refractivity contribution >= 4 is 23.4 Å². The number of amides is 2. The van der Waals surface area contributed by atoms with Gasteiger partial charge in [0.25, 0.3) is 11.8 Å². The lowest BCUT2D eigenvalue weighted by molar-refractivity contribution is -0.123. The second-order valence-corrected chi connectivity index (χ2v) is 5.59. The second kappa shape index (κ2) is 7.79. The van der Waals surface area contributed by atoms with Crippen molar-refractivity contribution in [3.05, 3.63) is 63.9 Å². The molecule has 0 heterocycles. The third kappa shape index (κ3) is 4.70. The Morgan fingerprint density at radius 1 is 1.25 bits per heavy atom. The van der Waals surface area contributed by atoms with Gasteiger partial charge in [0.2, 0.25) is 0 Å². The van der Waals surface area contributed by atoms with Gasteiger partial charge in [-0.05, 0) is 42.3 Å². The summed E-state index contributed by atoms with van der Waals surface area (Å²) in [6.07, 6.45) is 0. The highest BCUT2D eigenvalue weighted by Crippen LogP contribution is 2.22. The van der Waals surface area contributed by atoms with E-state index in [9.17, 15) is 14.0 Å². The molecule has 0 radical (unpaired) electrons. The first-order chi connectivity index (χ1) is 11.4. The van der Waals surface area contributed by atoms with Crippen LogP contribution in [0, 0.1) is 12.7 Å². The molecule has 0 aliphatic carbocycles. The number of hydrogen-bond acceptors (Lipinski definition) is 3. The molecule has 2 aromatic rings. The average Bonchev–Trinajstić information content (AvgIpc) is 2.54.